The van der Waals surface area contributed by atoms with Crippen molar-refractivity contribution in [2.24, 2.45) is 0 Å². The SMILES string of the molecule is Cc1cc(C)n(CCOCCOCCn2nc(C)cc2C)n1. The number of aromatic nitrogens is 4. The lowest BCUT2D eigenvalue weighted by atomic mass is 10.4. The molecule has 0 aliphatic rings. The summed E-state index contributed by atoms with van der Waals surface area (Å²) in [6, 6.07) is 4.14. The zero-order chi connectivity index (χ0) is 15.9. The fourth-order valence-electron chi connectivity index (χ4n) is 2.43. The van der Waals surface area contributed by atoms with E-state index in [9.17, 15) is 0 Å². The summed E-state index contributed by atoms with van der Waals surface area (Å²) in [5.41, 5.74) is 4.43. The van der Waals surface area contributed by atoms with Crippen LogP contribution in [-0.4, -0.2) is 46.0 Å². The first kappa shape index (κ1) is 16.7. The second-order valence-corrected chi connectivity index (χ2v) is 5.53. The summed E-state index contributed by atoms with van der Waals surface area (Å²) in [5, 5.41) is 8.79. The van der Waals surface area contributed by atoms with Gasteiger partial charge in [-0.25, -0.2) is 0 Å². The molecule has 0 aliphatic heterocycles. The smallest absolute Gasteiger partial charge is 0.0701 e. The van der Waals surface area contributed by atoms with Gasteiger partial charge in [0.05, 0.1) is 50.9 Å². The Labute approximate surface area is 132 Å². The summed E-state index contributed by atoms with van der Waals surface area (Å²) >= 11 is 0. The van der Waals surface area contributed by atoms with Crippen molar-refractivity contribution in [1.82, 2.24) is 19.6 Å². The molecule has 6 heteroatoms. The molecule has 0 bridgehead atoms. The second kappa shape index (κ2) is 8.10. The van der Waals surface area contributed by atoms with E-state index in [4.69, 9.17) is 9.47 Å². The van der Waals surface area contributed by atoms with Gasteiger partial charge in [0.1, 0.15) is 0 Å². The van der Waals surface area contributed by atoms with Crippen molar-refractivity contribution in [2.45, 2.75) is 40.8 Å². The van der Waals surface area contributed by atoms with Gasteiger partial charge in [-0.15, -0.1) is 0 Å². The number of hydrogen-bond acceptors (Lipinski definition) is 4. The van der Waals surface area contributed by atoms with Crippen LogP contribution in [0.2, 0.25) is 0 Å². The quantitative estimate of drug-likeness (QED) is 0.665. The molecular formula is C16H26N4O2. The predicted octanol–water partition coefficient (Wildman–Crippen LogP) is 2.05. The average Bonchev–Trinajstić information content (AvgIpc) is 2.94. The molecule has 22 heavy (non-hydrogen) atoms. The Balaban J connectivity index is 1.51. The maximum absolute atomic E-state index is 5.57. The average molecular weight is 306 g/mol. The van der Waals surface area contributed by atoms with Crippen molar-refractivity contribution < 1.29 is 9.47 Å². The molecule has 2 aromatic heterocycles. The van der Waals surface area contributed by atoms with Gasteiger partial charge in [-0.3, -0.25) is 9.36 Å². The predicted molar refractivity (Wildman–Crippen MR) is 85.0 cm³/mol. The van der Waals surface area contributed by atoms with Crippen LogP contribution in [0, 0.1) is 27.7 Å². The largest absolute Gasteiger partial charge is 0.377 e. The van der Waals surface area contributed by atoms with Crippen LogP contribution in [0.15, 0.2) is 12.1 Å². The molecule has 0 atom stereocenters. The van der Waals surface area contributed by atoms with Gasteiger partial charge >= 0.3 is 0 Å². The number of aryl methyl sites for hydroxylation is 4. The summed E-state index contributed by atoms with van der Waals surface area (Å²) in [6.45, 7) is 12.2. The maximum atomic E-state index is 5.57. The fraction of sp³-hybridized carbons (Fsp3) is 0.625. The summed E-state index contributed by atoms with van der Waals surface area (Å²) in [4.78, 5) is 0. The number of hydrogen-bond donors (Lipinski definition) is 0. The normalized spacial score (nSPS) is 11.3. The second-order valence-electron chi connectivity index (χ2n) is 5.53. The number of rotatable bonds is 9. The van der Waals surface area contributed by atoms with Crippen LogP contribution in [-0.2, 0) is 22.6 Å². The van der Waals surface area contributed by atoms with Crippen LogP contribution in [0.3, 0.4) is 0 Å². The molecule has 0 radical (unpaired) electrons. The van der Waals surface area contributed by atoms with Crippen LogP contribution in [0.25, 0.3) is 0 Å². The van der Waals surface area contributed by atoms with Crippen molar-refractivity contribution >= 4 is 0 Å². The molecule has 6 nitrogen and oxygen atoms in total. The molecule has 0 saturated heterocycles. The molecule has 0 aliphatic carbocycles. The molecule has 0 spiro atoms. The minimum atomic E-state index is 0.608. The first-order chi connectivity index (χ1) is 10.6. The van der Waals surface area contributed by atoms with E-state index in [0.29, 0.717) is 26.4 Å². The standard InChI is InChI=1S/C16H26N4O2/c1-13-11-15(3)19(17-13)5-7-21-9-10-22-8-6-20-16(4)12-14(2)18-20/h11-12H,5-10H2,1-4H3. The van der Waals surface area contributed by atoms with E-state index in [1.807, 2.05) is 23.2 Å². The molecule has 122 valence electrons. The van der Waals surface area contributed by atoms with Crippen molar-refractivity contribution in [3.05, 3.63) is 34.9 Å². The van der Waals surface area contributed by atoms with Crippen molar-refractivity contribution in [1.29, 1.82) is 0 Å². The lowest BCUT2D eigenvalue weighted by Gasteiger charge is -2.08. The maximum Gasteiger partial charge on any atom is 0.0701 e. The Morgan fingerprint density at radius 1 is 0.727 bits per heavy atom. The van der Waals surface area contributed by atoms with Crippen LogP contribution in [0.5, 0.6) is 0 Å². The van der Waals surface area contributed by atoms with E-state index in [1.165, 1.54) is 11.4 Å². The van der Waals surface area contributed by atoms with Gasteiger partial charge in [0.15, 0.2) is 0 Å². The van der Waals surface area contributed by atoms with E-state index < -0.39 is 0 Å². The fourth-order valence-corrected chi connectivity index (χ4v) is 2.43. The van der Waals surface area contributed by atoms with Gasteiger partial charge in [-0.2, -0.15) is 10.2 Å². The zero-order valence-corrected chi connectivity index (χ0v) is 14.0. The highest BCUT2D eigenvalue weighted by atomic mass is 16.5. The van der Waals surface area contributed by atoms with Gasteiger partial charge < -0.3 is 9.47 Å². The minimum absolute atomic E-state index is 0.608. The monoisotopic (exact) mass is 306 g/mol. The molecule has 2 rings (SSSR count). The Bertz CT molecular complexity index is 537. The van der Waals surface area contributed by atoms with E-state index >= 15 is 0 Å². The minimum Gasteiger partial charge on any atom is -0.377 e. The molecule has 0 unspecified atom stereocenters. The van der Waals surface area contributed by atoms with Gasteiger partial charge in [0.2, 0.25) is 0 Å². The van der Waals surface area contributed by atoms with Crippen molar-refractivity contribution in [2.75, 3.05) is 26.4 Å². The van der Waals surface area contributed by atoms with E-state index in [-0.39, 0.29) is 0 Å². The third-order valence-electron chi connectivity index (χ3n) is 3.47. The topological polar surface area (TPSA) is 54.1 Å². The molecule has 2 heterocycles. The molecular weight excluding hydrogens is 280 g/mol. The Hall–Kier alpha value is -1.66. The number of ether oxygens (including phenoxy) is 2. The highest BCUT2D eigenvalue weighted by molar-refractivity contribution is 5.06. The summed E-state index contributed by atoms with van der Waals surface area (Å²) in [7, 11) is 0. The van der Waals surface area contributed by atoms with E-state index in [1.54, 1.807) is 0 Å². The zero-order valence-electron chi connectivity index (χ0n) is 14.0. The molecule has 0 aromatic carbocycles. The molecule has 0 amide bonds. The summed E-state index contributed by atoms with van der Waals surface area (Å²) in [6.07, 6.45) is 0. The Kier molecular flexibility index (Phi) is 6.15. The van der Waals surface area contributed by atoms with Crippen LogP contribution in [0.4, 0.5) is 0 Å². The van der Waals surface area contributed by atoms with Gasteiger partial charge in [-0.05, 0) is 39.8 Å². The lowest BCUT2D eigenvalue weighted by molar-refractivity contribution is 0.0401. The molecule has 0 N–H and O–H groups in total. The third kappa shape index (κ3) is 4.96. The molecule has 0 fully saturated rings. The lowest BCUT2D eigenvalue weighted by Crippen LogP contribution is -2.14. The molecule has 2 aromatic rings. The van der Waals surface area contributed by atoms with Crippen molar-refractivity contribution in [3.63, 3.8) is 0 Å². The van der Waals surface area contributed by atoms with Gasteiger partial charge in [-0.1, -0.05) is 0 Å². The number of nitrogens with zero attached hydrogens (tertiary/aromatic N) is 4. The summed E-state index contributed by atoms with van der Waals surface area (Å²) in [5.74, 6) is 0. The van der Waals surface area contributed by atoms with Crippen molar-refractivity contribution in [3.8, 4) is 0 Å². The first-order valence-corrected chi connectivity index (χ1v) is 7.74. The van der Waals surface area contributed by atoms with Crippen LogP contribution in [0.1, 0.15) is 22.8 Å². The Morgan fingerprint density at radius 2 is 1.14 bits per heavy atom. The highest BCUT2D eigenvalue weighted by Gasteiger charge is 2.01. The molecule has 0 saturated carbocycles. The third-order valence-corrected chi connectivity index (χ3v) is 3.47. The van der Waals surface area contributed by atoms with E-state index in [0.717, 1.165) is 24.5 Å². The van der Waals surface area contributed by atoms with Gasteiger partial charge in [0, 0.05) is 11.4 Å². The van der Waals surface area contributed by atoms with E-state index in [2.05, 4.69) is 36.2 Å². The van der Waals surface area contributed by atoms with Crippen LogP contribution >= 0.6 is 0 Å². The summed E-state index contributed by atoms with van der Waals surface area (Å²) < 4.78 is 15.1. The van der Waals surface area contributed by atoms with Crippen LogP contribution < -0.4 is 0 Å². The Morgan fingerprint density at radius 3 is 1.45 bits per heavy atom. The highest BCUT2D eigenvalue weighted by Crippen LogP contribution is 2.02. The van der Waals surface area contributed by atoms with Gasteiger partial charge in [0.25, 0.3) is 0 Å². The first-order valence-electron chi connectivity index (χ1n) is 7.74.